The average Bonchev–Trinajstić information content (AvgIpc) is 2.81. The Kier molecular flexibility index (Phi) is 3.80. The third kappa shape index (κ3) is 2.91. The van der Waals surface area contributed by atoms with Crippen LogP contribution in [0.2, 0.25) is 0 Å². The molecule has 0 saturated carbocycles. The number of aromatic nitrogens is 1. The SMILES string of the molecule is COC(=O)/C=C(/C)c1nc(-c2ccccc2)oc1C. The Morgan fingerprint density at radius 2 is 2.00 bits per heavy atom. The second-order valence-corrected chi connectivity index (χ2v) is 4.14. The molecule has 4 heteroatoms. The Morgan fingerprint density at radius 1 is 1.32 bits per heavy atom. The molecule has 2 aromatic rings. The monoisotopic (exact) mass is 257 g/mol. The molecule has 0 aliphatic carbocycles. The topological polar surface area (TPSA) is 52.3 Å². The number of allylic oxidation sites excluding steroid dienone is 1. The van der Waals surface area contributed by atoms with Crippen LogP contribution in [0, 0.1) is 6.92 Å². The third-order valence-electron chi connectivity index (χ3n) is 2.73. The molecule has 0 aliphatic heterocycles. The highest BCUT2D eigenvalue weighted by Gasteiger charge is 2.13. The molecule has 0 aliphatic rings. The quantitative estimate of drug-likeness (QED) is 0.625. The number of esters is 1. The number of benzene rings is 1. The van der Waals surface area contributed by atoms with Crippen LogP contribution in [0.3, 0.4) is 0 Å². The molecule has 4 nitrogen and oxygen atoms in total. The van der Waals surface area contributed by atoms with E-state index in [2.05, 4.69) is 9.72 Å². The summed E-state index contributed by atoms with van der Waals surface area (Å²) in [5, 5.41) is 0. The van der Waals surface area contributed by atoms with Crippen molar-refractivity contribution in [1.82, 2.24) is 4.98 Å². The number of nitrogens with zero attached hydrogens (tertiary/aromatic N) is 1. The number of ether oxygens (including phenoxy) is 1. The number of aryl methyl sites for hydroxylation is 1. The van der Waals surface area contributed by atoms with Crippen molar-refractivity contribution in [3.8, 4) is 11.5 Å². The van der Waals surface area contributed by atoms with E-state index in [-0.39, 0.29) is 0 Å². The summed E-state index contributed by atoms with van der Waals surface area (Å²) in [5.74, 6) is 0.823. The zero-order valence-electron chi connectivity index (χ0n) is 11.1. The lowest BCUT2D eigenvalue weighted by atomic mass is 10.2. The number of carbonyl (C=O) groups excluding carboxylic acids is 1. The maximum atomic E-state index is 11.2. The van der Waals surface area contributed by atoms with Crippen LogP contribution < -0.4 is 0 Å². The van der Waals surface area contributed by atoms with Gasteiger partial charge in [-0.1, -0.05) is 18.2 Å². The number of rotatable bonds is 3. The molecule has 98 valence electrons. The number of methoxy groups -OCH3 is 1. The van der Waals surface area contributed by atoms with Crippen molar-refractivity contribution in [3.63, 3.8) is 0 Å². The second kappa shape index (κ2) is 5.52. The first-order valence-corrected chi connectivity index (χ1v) is 5.91. The largest absolute Gasteiger partial charge is 0.466 e. The molecular formula is C15H15NO3. The molecule has 0 amide bonds. The zero-order chi connectivity index (χ0) is 13.8. The Balaban J connectivity index is 2.37. The van der Waals surface area contributed by atoms with Crippen LogP contribution in [0.15, 0.2) is 40.8 Å². The number of hydrogen-bond donors (Lipinski definition) is 0. The first-order valence-electron chi connectivity index (χ1n) is 5.91. The summed E-state index contributed by atoms with van der Waals surface area (Å²) >= 11 is 0. The maximum Gasteiger partial charge on any atom is 0.330 e. The zero-order valence-corrected chi connectivity index (χ0v) is 11.1. The molecule has 0 spiro atoms. The Labute approximate surface area is 111 Å². The molecule has 0 radical (unpaired) electrons. The van der Waals surface area contributed by atoms with E-state index < -0.39 is 5.97 Å². The molecule has 0 saturated heterocycles. The van der Waals surface area contributed by atoms with Crippen molar-refractivity contribution in [2.75, 3.05) is 7.11 Å². The molecule has 19 heavy (non-hydrogen) atoms. The number of carbonyl (C=O) groups is 1. The van der Waals surface area contributed by atoms with Gasteiger partial charge in [0.2, 0.25) is 5.89 Å². The Bertz CT molecular complexity index is 612. The minimum absolute atomic E-state index is 0.402. The lowest BCUT2D eigenvalue weighted by Crippen LogP contribution is -1.96. The van der Waals surface area contributed by atoms with Crippen LogP contribution in [-0.2, 0) is 9.53 Å². The molecule has 0 N–H and O–H groups in total. The molecule has 0 unspecified atom stereocenters. The van der Waals surface area contributed by atoms with Gasteiger partial charge in [0.15, 0.2) is 0 Å². The molecule has 0 atom stereocenters. The maximum absolute atomic E-state index is 11.2. The minimum Gasteiger partial charge on any atom is -0.466 e. The Morgan fingerprint density at radius 3 is 2.63 bits per heavy atom. The van der Waals surface area contributed by atoms with E-state index in [9.17, 15) is 4.79 Å². The first kappa shape index (κ1) is 13.1. The Hall–Kier alpha value is -2.36. The third-order valence-corrected chi connectivity index (χ3v) is 2.73. The van der Waals surface area contributed by atoms with E-state index >= 15 is 0 Å². The van der Waals surface area contributed by atoms with Gasteiger partial charge in [0.25, 0.3) is 0 Å². The van der Waals surface area contributed by atoms with Crippen LogP contribution in [0.1, 0.15) is 18.4 Å². The summed E-state index contributed by atoms with van der Waals surface area (Å²) in [6.45, 7) is 3.62. The summed E-state index contributed by atoms with van der Waals surface area (Å²) in [4.78, 5) is 15.7. The molecule has 2 rings (SSSR count). The van der Waals surface area contributed by atoms with Crippen LogP contribution in [0.4, 0.5) is 0 Å². The highest BCUT2D eigenvalue weighted by Crippen LogP contribution is 2.25. The molecule has 1 aromatic carbocycles. The lowest BCUT2D eigenvalue weighted by molar-refractivity contribution is -0.134. The summed E-state index contributed by atoms with van der Waals surface area (Å²) in [5.41, 5.74) is 2.29. The minimum atomic E-state index is -0.402. The summed E-state index contributed by atoms with van der Waals surface area (Å²) in [7, 11) is 1.34. The fourth-order valence-corrected chi connectivity index (χ4v) is 1.77. The van der Waals surface area contributed by atoms with Crippen molar-refractivity contribution in [1.29, 1.82) is 0 Å². The van der Waals surface area contributed by atoms with Crippen molar-refractivity contribution in [3.05, 3.63) is 47.9 Å². The summed E-state index contributed by atoms with van der Waals surface area (Å²) in [6.07, 6.45) is 1.40. The van der Waals surface area contributed by atoms with Gasteiger partial charge < -0.3 is 9.15 Å². The standard InChI is InChI=1S/C15H15NO3/c1-10(9-13(17)18-3)14-11(2)19-15(16-14)12-7-5-4-6-8-12/h4-9H,1-3H3/b10-9-. The molecule has 0 bridgehead atoms. The van der Waals surface area contributed by atoms with E-state index in [0.29, 0.717) is 17.3 Å². The molecule has 1 heterocycles. The van der Waals surface area contributed by atoms with Crippen molar-refractivity contribution in [2.45, 2.75) is 13.8 Å². The first-order chi connectivity index (χ1) is 9.11. The van der Waals surface area contributed by atoms with Crippen LogP contribution in [-0.4, -0.2) is 18.1 Å². The van der Waals surface area contributed by atoms with Gasteiger partial charge in [-0.15, -0.1) is 0 Å². The van der Waals surface area contributed by atoms with E-state index in [1.807, 2.05) is 37.3 Å². The van der Waals surface area contributed by atoms with Gasteiger partial charge in [0.05, 0.1) is 7.11 Å². The molecule has 0 fully saturated rings. The van der Waals surface area contributed by atoms with Gasteiger partial charge in [-0.3, -0.25) is 0 Å². The smallest absolute Gasteiger partial charge is 0.330 e. The fraction of sp³-hybridized carbons (Fsp3) is 0.200. The van der Waals surface area contributed by atoms with Gasteiger partial charge in [-0.05, 0) is 31.6 Å². The van der Waals surface area contributed by atoms with Crippen molar-refractivity contribution >= 4 is 11.5 Å². The van der Waals surface area contributed by atoms with Gasteiger partial charge in [-0.2, -0.15) is 0 Å². The highest BCUT2D eigenvalue weighted by atomic mass is 16.5. The molecular weight excluding hydrogens is 242 g/mol. The van der Waals surface area contributed by atoms with Crippen molar-refractivity contribution < 1.29 is 13.9 Å². The second-order valence-electron chi connectivity index (χ2n) is 4.14. The van der Waals surface area contributed by atoms with Gasteiger partial charge in [-0.25, -0.2) is 9.78 Å². The number of oxazole rings is 1. The van der Waals surface area contributed by atoms with Crippen LogP contribution in [0.25, 0.3) is 17.0 Å². The normalized spacial score (nSPS) is 11.4. The number of hydrogen-bond acceptors (Lipinski definition) is 4. The van der Waals surface area contributed by atoms with E-state index in [1.165, 1.54) is 13.2 Å². The van der Waals surface area contributed by atoms with E-state index in [4.69, 9.17) is 4.42 Å². The van der Waals surface area contributed by atoms with E-state index in [1.54, 1.807) is 6.92 Å². The predicted octanol–water partition coefficient (Wildman–Crippen LogP) is 3.23. The fourth-order valence-electron chi connectivity index (χ4n) is 1.77. The van der Waals surface area contributed by atoms with Gasteiger partial charge >= 0.3 is 5.97 Å². The van der Waals surface area contributed by atoms with Crippen LogP contribution >= 0.6 is 0 Å². The lowest BCUT2D eigenvalue weighted by Gasteiger charge is -1.96. The predicted molar refractivity (Wildman–Crippen MR) is 72.3 cm³/mol. The summed E-state index contributed by atoms with van der Waals surface area (Å²) < 4.78 is 10.2. The van der Waals surface area contributed by atoms with Crippen molar-refractivity contribution in [2.24, 2.45) is 0 Å². The van der Waals surface area contributed by atoms with E-state index in [0.717, 1.165) is 11.1 Å². The molecule has 1 aromatic heterocycles. The highest BCUT2D eigenvalue weighted by molar-refractivity contribution is 5.90. The van der Waals surface area contributed by atoms with Crippen LogP contribution in [0.5, 0.6) is 0 Å². The average molecular weight is 257 g/mol. The van der Waals surface area contributed by atoms with Gasteiger partial charge in [0.1, 0.15) is 11.5 Å². The summed E-state index contributed by atoms with van der Waals surface area (Å²) in [6, 6.07) is 9.63. The van der Waals surface area contributed by atoms with Gasteiger partial charge in [0, 0.05) is 11.6 Å².